The molecule has 1 saturated carbocycles. The number of carbonyl (C=O) groups excluding carboxylic acids is 1. The number of amides is 1. The first-order valence-electron chi connectivity index (χ1n) is 7.82. The van der Waals surface area contributed by atoms with E-state index >= 15 is 0 Å². The number of hydrogen-bond acceptors (Lipinski definition) is 4. The second-order valence-corrected chi connectivity index (χ2v) is 7.00. The summed E-state index contributed by atoms with van der Waals surface area (Å²) in [4.78, 5) is 21.8. The average molecular weight is 326 g/mol. The molecule has 6 heteroatoms. The quantitative estimate of drug-likeness (QED) is 0.804. The summed E-state index contributed by atoms with van der Waals surface area (Å²) in [5.74, 6) is -0.0451. The normalized spacial score (nSPS) is 16.7. The van der Waals surface area contributed by atoms with Gasteiger partial charge in [-0.2, -0.15) is 0 Å². The summed E-state index contributed by atoms with van der Waals surface area (Å²) in [7, 11) is 1.91. The van der Waals surface area contributed by atoms with Gasteiger partial charge in [-0.3, -0.25) is 4.79 Å². The molecule has 3 aromatic rings. The van der Waals surface area contributed by atoms with Gasteiger partial charge >= 0.3 is 0 Å². The van der Waals surface area contributed by atoms with E-state index in [1.165, 1.54) is 0 Å². The van der Waals surface area contributed by atoms with Crippen LogP contribution >= 0.6 is 11.3 Å². The lowest BCUT2D eigenvalue weighted by molar-refractivity contribution is 0.0899. The fourth-order valence-electron chi connectivity index (χ4n) is 3.51. The van der Waals surface area contributed by atoms with Crippen molar-refractivity contribution in [2.45, 2.75) is 31.2 Å². The fraction of sp³-hybridized carbons (Fsp3) is 0.353. The number of para-hydroxylation sites is 1. The van der Waals surface area contributed by atoms with Crippen LogP contribution in [0.5, 0.6) is 0 Å². The maximum Gasteiger partial charge on any atom is 0.254 e. The number of thiazole rings is 1. The average Bonchev–Trinajstić information content (AvgIpc) is 3.28. The Hall–Kier alpha value is -2.21. The first kappa shape index (κ1) is 14.4. The van der Waals surface area contributed by atoms with Gasteiger partial charge in [-0.05, 0) is 25.0 Å². The van der Waals surface area contributed by atoms with Gasteiger partial charge in [0.05, 0.1) is 28.5 Å². The molecule has 0 spiro atoms. The number of aryl methyl sites for hydroxylation is 1. The summed E-state index contributed by atoms with van der Waals surface area (Å²) in [6, 6.07) is 5.68. The highest BCUT2D eigenvalue weighted by Crippen LogP contribution is 2.40. The standard InChI is InChI=1S/C17H18N4OS/c1-21-11-19-13-6-4-5-12(14(13)21)15(22)20-17(7-2-3-8-17)16-18-9-10-23-16/h4-6,9-11H,2-3,7-8H2,1H3,(H,20,22). The first-order chi connectivity index (χ1) is 11.2. The van der Waals surface area contributed by atoms with Crippen LogP contribution in [-0.4, -0.2) is 20.4 Å². The Labute approximate surface area is 138 Å². The zero-order valence-corrected chi connectivity index (χ0v) is 13.8. The molecule has 118 valence electrons. The SMILES string of the molecule is Cn1cnc2cccc(C(=O)NC3(c4nccs4)CCCC3)c21. The van der Waals surface area contributed by atoms with Crippen molar-refractivity contribution in [1.82, 2.24) is 19.9 Å². The van der Waals surface area contributed by atoms with E-state index in [1.807, 2.05) is 41.4 Å². The molecule has 0 aliphatic heterocycles. The maximum absolute atomic E-state index is 13.0. The van der Waals surface area contributed by atoms with Crippen LogP contribution in [0.2, 0.25) is 0 Å². The van der Waals surface area contributed by atoms with E-state index in [9.17, 15) is 4.79 Å². The molecular weight excluding hydrogens is 308 g/mol. The van der Waals surface area contributed by atoms with Crippen LogP contribution in [0.1, 0.15) is 41.0 Å². The summed E-state index contributed by atoms with van der Waals surface area (Å²) in [6.45, 7) is 0. The van der Waals surface area contributed by atoms with Gasteiger partial charge in [0.1, 0.15) is 5.01 Å². The molecule has 0 saturated heterocycles. The summed E-state index contributed by atoms with van der Waals surface area (Å²) in [6.07, 6.45) is 7.70. The van der Waals surface area contributed by atoms with Gasteiger partial charge < -0.3 is 9.88 Å². The van der Waals surface area contributed by atoms with Gasteiger partial charge in [0.2, 0.25) is 0 Å². The van der Waals surface area contributed by atoms with E-state index in [4.69, 9.17) is 0 Å². The molecular formula is C17H18N4OS. The van der Waals surface area contributed by atoms with Gasteiger partial charge in [-0.25, -0.2) is 9.97 Å². The number of benzene rings is 1. The number of imidazole rings is 1. The number of fused-ring (bicyclic) bond motifs is 1. The molecule has 4 rings (SSSR count). The Morgan fingerprint density at radius 1 is 1.30 bits per heavy atom. The van der Waals surface area contributed by atoms with E-state index < -0.39 is 0 Å². The molecule has 1 aliphatic rings. The number of rotatable bonds is 3. The van der Waals surface area contributed by atoms with Crippen molar-refractivity contribution in [3.63, 3.8) is 0 Å². The summed E-state index contributed by atoms with van der Waals surface area (Å²) in [5.41, 5.74) is 2.07. The van der Waals surface area contributed by atoms with Crippen LogP contribution in [0.3, 0.4) is 0 Å². The molecule has 2 aromatic heterocycles. The molecule has 23 heavy (non-hydrogen) atoms. The van der Waals surface area contributed by atoms with Gasteiger partial charge in [0.15, 0.2) is 0 Å². The Kier molecular flexibility index (Phi) is 3.41. The summed E-state index contributed by atoms with van der Waals surface area (Å²) in [5, 5.41) is 6.28. The zero-order chi connectivity index (χ0) is 15.9. The third kappa shape index (κ3) is 2.34. The minimum absolute atomic E-state index is 0.0451. The largest absolute Gasteiger partial charge is 0.340 e. The van der Waals surface area contributed by atoms with Crippen molar-refractivity contribution in [1.29, 1.82) is 0 Å². The smallest absolute Gasteiger partial charge is 0.254 e. The highest BCUT2D eigenvalue weighted by Gasteiger charge is 2.39. The second kappa shape index (κ2) is 5.45. The molecule has 1 N–H and O–H groups in total. The molecule has 1 fully saturated rings. The predicted octanol–water partition coefficient (Wildman–Crippen LogP) is 3.23. The van der Waals surface area contributed by atoms with Crippen molar-refractivity contribution in [2.24, 2.45) is 7.05 Å². The number of nitrogens with zero attached hydrogens (tertiary/aromatic N) is 3. The third-order valence-corrected chi connectivity index (χ3v) is 5.61. The number of carbonyl (C=O) groups is 1. The third-order valence-electron chi connectivity index (χ3n) is 4.63. The minimum atomic E-state index is -0.313. The van der Waals surface area contributed by atoms with E-state index in [0.717, 1.165) is 41.7 Å². The van der Waals surface area contributed by atoms with Crippen molar-refractivity contribution in [3.8, 4) is 0 Å². The van der Waals surface area contributed by atoms with E-state index in [-0.39, 0.29) is 11.4 Å². The highest BCUT2D eigenvalue weighted by atomic mass is 32.1. The Morgan fingerprint density at radius 2 is 2.13 bits per heavy atom. The van der Waals surface area contributed by atoms with E-state index in [0.29, 0.717) is 5.56 Å². The van der Waals surface area contributed by atoms with Gasteiger partial charge in [0, 0.05) is 18.6 Å². The molecule has 0 unspecified atom stereocenters. The van der Waals surface area contributed by atoms with Crippen LogP contribution in [0.25, 0.3) is 11.0 Å². The molecule has 0 radical (unpaired) electrons. The fourth-order valence-corrected chi connectivity index (χ4v) is 4.36. The lowest BCUT2D eigenvalue weighted by Gasteiger charge is -2.28. The molecule has 1 aromatic carbocycles. The first-order valence-corrected chi connectivity index (χ1v) is 8.70. The second-order valence-electron chi connectivity index (χ2n) is 6.11. The summed E-state index contributed by atoms with van der Waals surface area (Å²) >= 11 is 1.62. The minimum Gasteiger partial charge on any atom is -0.340 e. The van der Waals surface area contributed by atoms with Gasteiger partial charge in [-0.1, -0.05) is 18.9 Å². The Morgan fingerprint density at radius 3 is 2.87 bits per heavy atom. The maximum atomic E-state index is 13.0. The van der Waals surface area contributed by atoms with Gasteiger partial charge in [-0.15, -0.1) is 11.3 Å². The molecule has 5 nitrogen and oxygen atoms in total. The summed E-state index contributed by atoms with van der Waals surface area (Å²) < 4.78 is 1.90. The van der Waals surface area contributed by atoms with Crippen LogP contribution in [0.15, 0.2) is 36.1 Å². The van der Waals surface area contributed by atoms with E-state index in [2.05, 4.69) is 15.3 Å². The lowest BCUT2D eigenvalue weighted by atomic mass is 9.97. The predicted molar refractivity (Wildman–Crippen MR) is 90.4 cm³/mol. The van der Waals surface area contributed by atoms with Crippen molar-refractivity contribution in [2.75, 3.05) is 0 Å². The lowest BCUT2D eigenvalue weighted by Crippen LogP contribution is -2.43. The van der Waals surface area contributed by atoms with Gasteiger partial charge in [0.25, 0.3) is 5.91 Å². The monoisotopic (exact) mass is 326 g/mol. The zero-order valence-electron chi connectivity index (χ0n) is 13.0. The number of aromatic nitrogens is 3. The molecule has 0 atom stereocenters. The van der Waals surface area contributed by atoms with Crippen LogP contribution in [0, 0.1) is 0 Å². The van der Waals surface area contributed by atoms with Crippen LogP contribution in [0.4, 0.5) is 0 Å². The number of hydrogen-bond donors (Lipinski definition) is 1. The topological polar surface area (TPSA) is 59.8 Å². The molecule has 1 amide bonds. The van der Waals surface area contributed by atoms with Crippen LogP contribution in [-0.2, 0) is 12.6 Å². The van der Waals surface area contributed by atoms with Crippen molar-refractivity contribution < 1.29 is 4.79 Å². The molecule has 1 aliphatic carbocycles. The highest BCUT2D eigenvalue weighted by molar-refractivity contribution is 7.09. The molecule has 0 bridgehead atoms. The molecule has 2 heterocycles. The number of nitrogens with one attached hydrogen (secondary N) is 1. The van der Waals surface area contributed by atoms with Crippen molar-refractivity contribution in [3.05, 3.63) is 46.7 Å². The Bertz CT molecular complexity index is 847. The van der Waals surface area contributed by atoms with Crippen molar-refractivity contribution >= 4 is 28.3 Å². The van der Waals surface area contributed by atoms with E-state index in [1.54, 1.807) is 17.7 Å². The Balaban J connectivity index is 1.72. The van der Waals surface area contributed by atoms with Crippen LogP contribution < -0.4 is 5.32 Å².